The molecule has 1 aromatic rings. The molecule has 120 valence electrons. The highest BCUT2D eigenvalue weighted by atomic mass is 35.5. The van der Waals surface area contributed by atoms with Crippen LogP contribution in [-0.2, 0) is 9.59 Å². The molecule has 0 aliphatic heterocycles. The van der Waals surface area contributed by atoms with Gasteiger partial charge in [0.25, 0.3) is 0 Å². The smallest absolute Gasteiger partial charge is 0.313 e. The maximum atomic E-state index is 12.3. The molecule has 1 aliphatic rings. The molecule has 0 atom stereocenters. The average Bonchev–Trinajstić information content (AvgIpc) is 2.50. The van der Waals surface area contributed by atoms with Gasteiger partial charge in [0.2, 0.25) is 0 Å². The van der Waals surface area contributed by atoms with Crippen LogP contribution in [-0.4, -0.2) is 29.8 Å². The second-order valence-corrected chi connectivity index (χ2v) is 6.51. The highest BCUT2D eigenvalue weighted by Gasteiger charge is 2.27. The standard InChI is InChI=1S/C17H23ClN2O2/c1-11-9-12(2)15(14(18)10-11)19-16(21)17(22)20(3)13-7-5-4-6-8-13/h9-10,13H,4-8H2,1-3H3,(H,19,21). The van der Waals surface area contributed by atoms with Crippen molar-refractivity contribution in [3.63, 3.8) is 0 Å². The molecule has 2 rings (SSSR count). The molecule has 0 spiro atoms. The van der Waals surface area contributed by atoms with Crippen molar-refractivity contribution in [3.8, 4) is 0 Å². The predicted molar refractivity (Wildman–Crippen MR) is 89.2 cm³/mol. The highest BCUT2D eigenvalue weighted by molar-refractivity contribution is 6.41. The summed E-state index contributed by atoms with van der Waals surface area (Å²) >= 11 is 6.17. The summed E-state index contributed by atoms with van der Waals surface area (Å²) in [6.07, 6.45) is 5.39. The van der Waals surface area contributed by atoms with Gasteiger partial charge in [-0.15, -0.1) is 0 Å². The molecule has 1 N–H and O–H groups in total. The van der Waals surface area contributed by atoms with E-state index in [9.17, 15) is 9.59 Å². The molecule has 0 radical (unpaired) electrons. The van der Waals surface area contributed by atoms with Gasteiger partial charge in [0, 0.05) is 13.1 Å². The van der Waals surface area contributed by atoms with Crippen LogP contribution in [0.15, 0.2) is 12.1 Å². The number of nitrogens with zero attached hydrogens (tertiary/aromatic N) is 1. The normalized spacial score (nSPS) is 15.5. The number of anilines is 1. The maximum absolute atomic E-state index is 12.3. The van der Waals surface area contributed by atoms with Crippen LogP contribution in [0.2, 0.25) is 5.02 Å². The number of nitrogens with one attached hydrogen (secondary N) is 1. The number of hydrogen-bond acceptors (Lipinski definition) is 2. The summed E-state index contributed by atoms with van der Waals surface area (Å²) in [6, 6.07) is 3.87. The second kappa shape index (κ2) is 7.14. The molecule has 1 aromatic carbocycles. The Bertz CT molecular complexity index is 557. The zero-order valence-electron chi connectivity index (χ0n) is 13.4. The van der Waals surface area contributed by atoms with Gasteiger partial charge in [0.05, 0.1) is 10.7 Å². The van der Waals surface area contributed by atoms with Crippen LogP contribution in [0.4, 0.5) is 5.69 Å². The third kappa shape index (κ3) is 3.80. The van der Waals surface area contributed by atoms with Gasteiger partial charge in [-0.2, -0.15) is 0 Å². The van der Waals surface area contributed by atoms with E-state index >= 15 is 0 Å². The van der Waals surface area contributed by atoms with Gasteiger partial charge < -0.3 is 10.2 Å². The molecule has 0 unspecified atom stereocenters. The number of aryl methyl sites for hydroxylation is 2. The lowest BCUT2D eigenvalue weighted by Gasteiger charge is -2.30. The molecule has 22 heavy (non-hydrogen) atoms. The van der Waals surface area contributed by atoms with Crippen molar-refractivity contribution in [2.45, 2.75) is 52.0 Å². The Hall–Kier alpha value is -1.55. The van der Waals surface area contributed by atoms with E-state index in [1.807, 2.05) is 19.9 Å². The summed E-state index contributed by atoms with van der Waals surface area (Å²) in [5, 5.41) is 3.12. The first-order valence-electron chi connectivity index (χ1n) is 7.75. The molecular weight excluding hydrogens is 300 g/mol. The molecule has 0 heterocycles. The van der Waals surface area contributed by atoms with Gasteiger partial charge in [-0.25, -0.2) is 0 Å². The fourth-order valence-corrected chi connectivity index (χ4v) is 3.40. The molecule has 1 fully saturated rings. The molecule has 0 bridgehead atoms. The van der Waals surface area contributed by atoms with Gasteiger partial charge in [0.1, 0.15) is 0 Å². The number of rotatable bonds is 2. The summed E-state index contributed by atoms with van der Waals surface area (Å²) in [7, 11) is 1.71. The molecule has 1 saturated carbocycles. The summed E-state index contributed by atoms with van der Waals surface area (Å²) in [5.74, 6) is -1.12. The third-order valence-corrected chi connectivity index (χ3v) is 4.61. The Balaban J connectivity index is 2.07. The van der Waals surface area contributed by atoms with Gasteiger partial charge >= 0.3 is 11.8 Å². The average molecular weight is 323 g/mol. The molecule has 0 saturated heterocycles. The van der Waals surface area contributed by atoms with Crippen molar-refractivity contribution < 1.29 is 9.59 Å². The number of carbonyl (C=O) groups excluding carboxylic acids is 2. The number of halogens is 1. The molecule has 5 heteroatoms. The minimum absolute atomic E-state index is 0.168. The summed E-state index contributed by atoms with van der Waals surface area (Å²) in [6.45, 7) is 3.80. The Morgan fingerprint density at radius 2 is 1.82 bits per heavy atom. The van der Waals surface area contributed by atoms with Crippen LogP contribution in [0.5, 0.6) is 0 Å². The molecule has 0 aromatic heterocycles. The highest BCUT2D eigenvalue weighted by Crippen LogP contribution is 2.27. The van der Waals surface area contributed by atoms with Crippen molar-refractivity contribution in [3.05, 3.63) is 28.3 Å². The van der Waals surface area contributed by atoms with E-state index in [0.29, 0.717) is 10.7 Å². The van der Waals surface area contributed by atoms with Gasteiger partial charge in [0.15, 0.2) is 0 Å². The summed E-state index contributed by atoms with van der Waals surface area (Å²) < 4.78 is 0. The van der Waals surface area contributed by atoms with E-state index in [0.717, 1.165) is 36.8 Å². The second-order valence-electron chi connectivity index (χ2n) is 6.10. The van der Waals surface area contributed by atoms with E-state index in [1.54, 1.807) is 18.0 Å². The van der Waals surface area contributed by atoms with Gasteiger partial charge in [-0.05, 0) is 43.9 Å². The number of hydrogen-bond donors (Lipinski definition) is 1. The lowest BCUT2D eigenvalue weighted by molar-refractivity contribution is -0.144. The first kappa shape index (κ1) is 16.8. The van der Waals surface area contributed by atoms with E-state index in [1.165, 1.54) is 6.42 Å². The van der Waals surface area contributed by atoms with Crippen molar-refractivity contribution in [2.24, 2.45) is 0 Å². The minimum atomic E-state index is -0.623. The van der Waals surface area contributed by atoms with E-state index in [-0.39, 0.29) is 6.04 Å². The minimum Gasteiger partial charge on any atom is -0.335 e. The van der Waals surface area contributed by atoms with Crippen molar-refractivity contribution in [1.82, 2.24) is 4.90 Å². The largest absolute Gasteiger partial charge is 0.335 e. The quantitative estimate of drug-likeness (QED) is 0.844. The topological polar surface area (TPSA) is 49.4 Å². The lowest BCUT2D eigenvalue weighted by Crippen LogP contribution is -2.44. The zero-order chi connectivity index (χ0) is 16.3. The van der Waals surface area contributed by atoms with Crippen molar-refractivity contribution in [1.29, 1.82) is 0 Å². The molecule has 2 amide bonds. The fraction of sp³-hybridized carbons (Fsp3) is 0.529. The number of carbonyl (C=O) groups is 2. The summed E-state index contributed by atoms with van der Waals surface area (Å²) in [4.78, 5) is 26.1. The Kier molecular flexibility index (Phi) is 5.46. The number of likely N-dealkylation sites (N-methyl/N-ethyl adjacent to an activating group) is 1. The first-order valence-corrected chi connectivity index (χ1v) is 8.13. The molecule has 4 nitrogen and oxygen atoms in total. The monoisotopic (exact) mass is 322 g/mol. The van der Waals surface area contributed by atoms with Crippen LogP contribution in [0.3, 0.4) is 0 Å². The molecule has 1 aliphatic carbocycles. The van der Waals surface area contributed by atoms with E-state index < -0.39 is 11.8 Å². The summed E-state index contributed by atoms with van der Waals surface area (Å²) in [5.41, 5.74) is 2.39. The van der Waals surface area contributed by atoms with Gasteiger partial charge in [-0.1, -0.05) is 36.9 Å². The maximum Gasteiger partial charge on any atom is 0.313 e. The number of benzene rings is 1. The van der Waals surface area contributed by atoms with E-state index in [2.05, 4.69) is 5.32 Å². The van der Waals surface area contributed by atoms with Crippen LogP contribution < -0.4 is 5.32 Å². The fourth-order valence-electron chi connectivity index (χ4n) is 3.04. The predicted octanol–water partition coefficient (Wildman–Crippen LogP) is 3.69. The first-order chi connectivity index (χ1) is 10.4. The number of amides is 2. The van der Waals surface area contributed by atoms with Crippen molar-refractivity contribution >= 4 is 29.1 Å². The zero-order valence-corrected chi connectivity index (χ0v) is 14.2. The Labute approximate surface area is 136 Å². The SMILES string of the molecule is Cc1cc(C)c(NC(=O)C(=O)N(C)C2CCCCC2)c(Cl)c1. The molecular formula is C17H23ClN2O2. The Morgan fingerprint density at radius 3 is 2.41 bits per heavy atom. The van der Waals surface area contributed by atoms with Crippen LogP contribution in [0.25, 0.3) is 0 Å². The lowest BCUT2D eigenvalue weighted by atomic mass is 9.94. The van der Waals surface area contributed by atoms with E-state index in [4.69, 9.17) is 11.6 Å². The third-order valence-electron chi connectivity index (χ3n) is 4.31. The van der Waals surface area contributed by atoms with Crippen molar-refractivity contribution in [2.75, 3.05) is 12.4 Å². The van der Waals surface area contributed by atoms with Crippen LogP contribution in [0.1, 0.15) is 43.2 Å². The Morgan fingerprint density at radius 1 is 1.18 bits per heavy atom. The van der Waals surface area contributed by atoms with Crippen LogP contribution in [0, 0.1) is 13.8 Å². The van der Waals surface area contributed by atoms with Gasteiger partial charge in [-0.3, -0.25) is 9.59 Å². The van der Waals surface area contributed by atoms with Crippen LogP contribution >= 0.6 is 11.6 Å².